The van der Waals surface area contributed by atoms with Crippen molar-refractivity contribution < 1.29 is 4.79 Å². The molecule has 1 saturated carbocycles. The second-order valence-electron chi connectivity index (χ2n) is 17.1. The number of nitrogens with zero attached hydrogens (tertiary/aromatic N) is 1. The van der Waals surface area contributed by atoms with Crippen LogP contribution in [-0.4, -0.2) is 28.9 Å². The second kappa shape index (κ2) is 18.5. The van der Waals surface area contributed by atoms with E-state index < -0.39 is 0 Å². The monoisotopic (exact) mass is 732 g/mol. The van der Waals surface area contributed by atoms with Crippen LogP contribution in [0.3, 0.4) is 0 Å². The number of nitrogens with one attached hydrogen (secondary N) is 2. The van der Waals surface area contributed by atoms with Crippen molar-refractivity contribution in [1.29, 1.82) is 0 Å². The van der Waals surface area contributed by atoms with Crippen molar-refractivity contribution in [3.05, 3.63) is 108 Å². The van der Waals surface area contributed by atoms with Gasteiger partial charge in [-0.3, -0.25) is 9.59 Å². The zero-order valence-corrected chi connectivity index (χ0v) is 35.7. The van der Waals surface area contributed by atoms with Crippen molar-refractivity contribution in [2.24, 2.45) is 10.8 Å². The Bertz CT molecular complexity index is 2040. The highest BCUT2D eigenvalue weighted by atomic mass is 16.2. The third kappa shape index (κ3) is 10.1. The fourth-order valence-corrected chi connectivity index (χ4v) is 6.82. The lowest BCUT2D eigenvalue weighted by atomic mass is 9.78. The Labute approximate surface area is 326 Å². The molecule has 0 unspecified atom stereocenters. The SMILES string of the molecule is CC1=c2c([nH]c(/C=C3\CNc4ccc(C)cc4C3=C3CC3)c(C)c2=O)=CCC1(C)C.CCC(C)(C)CN1Cc2ccccc2C1=O.CCCC.CCCC. The fourth-order valence-electron chi connectivity index (χ4n) is 6.82. The van der Waals surface area contributed by atoms with Crippen LogP contribution in [0.4, 0.5) is 5.69 Å². The number of rotatable bonds is 6. The summed E-state index contributed by atoms with van der Waals surface area (Å²) in [5.41, 5.74) is 13.4. The molecule has 54 heavy (non-hydrogen) atoms. The van der Waals surface area contributed by atoms with Crippen molar-refractivity contribution in [2.45, 2.75) is 141 Å². The van der Waals surface area contributed by atoms with E-state index in [-0.39, 0.29) is 22.2 Å². The minimum absolute atomic E-state index is 0.0326. The Hall–Kier alpha value is -4.12. The molecule has 2 N–H and O–H groups in total. The fraction of sp³-hybridized carbons (Fsp3) is 0.510. The predicted molar refractivity (Wildman–Crippen MR) is 233 cm³/mol. The van der Waals surface area contributed by atoms with Gasteiger partial charge in [-0.15, -0.1) is 0 Å². The summed E-state index contributed by atoms with van der Waals surface area (Å²) in [6.07, 6.45) is 14.1. The Balaban J connectivity index is 0.000000226. The molecule has 1 fully saturated rings. The van der Waals surface area contributed by atoms with Crippen LogP contribution in [0.15, 0.2) is 58.4 Å². The van der Waals surface area contributed by atoms with Crippen molar-refractivity contribution in [3.63, 3.8) is 0 Å². The first kappa shape index (κ1) is 42.6. The van der Waals surface area contributed by atoms with Crippen LogP contribution in [-0.2, 0) is 6.54 Å². The van der Waals surface area contributed by atoms with E-state index in [1.807, 2.05) is 36.1 Å². The van der Waals surface area contributed by atoms with Crippen LogP contribution < -0.4 is 21.3 Å². The number of aromatic amines is 1. The number of hydrogen-bond acceptors (Lipinski definition) is 3. The lowest BCUT2D eigenvalue weighted by Crippen LogP contribution is -2.48. The number of H-pyrrole nitrogens is 1. The van der Waals surface area contributed by atoms with Gasteiger partial charge < -0.3 is 15.2 Å². The Morgan fingerprint density at radius 3 is 2.11 bits per heavy atom. The van der Waals surface area contributed by atoms with Crippen molar-refractivity contribution in [2.75, 3.05) is 18.4 Å². The number of carbonyl (C=O) groups is 1. The molecule has 3 heterocycles. The molecule has 1 amide bonds. The van der Waals surface area contributed by atoms with E-state index in [1.165, 1.54) is 83.2 Å². The summed E-state index contributed by atoms with van der Waals surface area (Å²) in [4.78, 5) is 31.0. The van der Waals surface area contributed by atoms with Crippen molar-refractivity contribution in [3.8, 4) is 0 Å². The maximum Gasteiger partial charge on any atom is 0.254 e. The highest BCUT2D eigenvalue weighted by molar-refractivity contribution is 5.98. The maximum atomic E-state index is 13.3. The van der Waals surface area contributed by atoms with E-state index >= 15 is 0 Å². The number of allylic oxidation sites excluding steroid dienone is 1. The molecule has 5 heteroatoms. The molecule has 292 valence electrons. The molecule has 4 aliphatic rings. The number of benzene rings is 2. The summed E-state index contributed by atoms with van der Waals surface area (Å²) in [6.45, 7) is 28.4. The van der Waals surface area contributed by atoms with Gasteiger partial charge in [0, 0.05) is 58.3 Å². The highest BCUT2D eigenvalue weighted by Gasteiger charge is 2.31. The van der Waals surface area contributed by atoms with E-state index in [9.17, 15) is 9.59 Å². The van der Waals surface area contributed by atoms with E-state index in [0.717, 1.165) is 59.9 Å². The van der Waals surface area contributed by atoms with Gasteiger partial charge in [-0.05, 0) is 98.3 Å². The number of aryl methyl sites for hydroxylation is 1. The van der Waals surface area contributed by atoms with Crippen molar-refractivity contribution >= 4 is 34.9 Å². The van der Waals surface area contributed by atoms with Gasteiger partial charge in [0.2, 0.25) is 0 Å². The Morgan fingerprint density at radius 2 is 1.52 bits per heavy atom. The van der Waals surface area contributed by atoms with Gasteiger partial charge >= 0.3 is 0 Å². The molecule has 5 nitrogen and oxygen atoms in total. The number of aromatic nitrogens is 1. The average molecular weight is 732 g/mol. The summed E-state index contributed by atoms with van der Waals surface area (Å²) in [7, 11) is 0. The summed E-state index contributed by atoms with van der Waals surface area (Å²) in [6, 6.07) is 14.5. The summed E-state index contributed by atoms with van der Waals surface area (Å²) in [5.74, 6) is 0.192. The minimum Gasteiger partial charge on any atom is -0.380 e. The van der Waals surface area contributed by atoms with Crippen molar-refractivity contribution in [1.82, 2.24) is 9.88 Å². The molecule has 0 radical (unpaired) electrons. The number of fused-ring (bicyclic) bond motifs is 3. The first-order valence-corrected chi connectivity index (χ1v) is 20.7. The molecule has 1 aromatic heterocycles. The van der Waals surface area contributed by atoms with E-state index in [4.69, 9.17) is 0 Å². The molecule has 3 aromatic rings. The number of carbonyl (C=O) groups excluding carboxylic acids is 1. The first-order valence-electron chi connectivity index (χ1n) is 20.7. The van der Waals surface area contributed by atoms with Gasteiger partial charge in [0.25, 0.3) is 5.91 Å². The smallest absolute Gasteiger partial charge is 0.254 e. The second-order valence-corrected chi connectivity index (χ2v) is 17.1. The molecule has 2 aliphatic heterocycles. The third-order valence-corrected chi connectivity index (χ3v) is 11.6. The van der Waals surface area contributed by atoms with Gasteiger partial charge in [-0.2, -0.15) is 0 Å². The number of pyridine rings is 1. The van der Waals surface area contributed by atoms with Gasteiger partial charge in [0.15, 0.2) is 5.43 Å². The van der Waals surface area contributed by atoms with Gasteiger partial charge in [-0.25, -0.2) is 0 Å². The van der Waals surface area contributed by atoms with Gasteiger partial charge in [-0.1, -0.05) is 135 Å². The van der Waals surface area contributed by atoms with Gasteiger partial charge in [0.05, 0.1) is 0 Å². The maximum absolute atomic E-state index is 13.3. The topological polar surface area (TPSA) is 65.2 Å². The molecular weight excluding hydrogens is 663 g/mol. The lowest BCUT2D eigenvalue weighted by molar-refractivity contribution is 0.0705. The quantitative estimate of drug-likeness (QED) is 0.265. The molecule has 0 atom stereocenters. The third-order valence-electron chi connectivity index (χ3n) is 11.6. The summed E-state index contributed by atoms with van der Waals surface area (Å²) >= 11 is 0. The highest BCUT2D eigenvalue weighted by Crippen LogP contribution is 2.45. The van der Waals surface area contributed by atoms with E-state index in [1.54, 1.807) is 0 Å². The normalized spacial score (nSPS) is 17.0. The van der Waals surface area contributed by atoms with Crippen LogP contribution in [0.2, 0.25) is 0 Å². The zero-order chi connectivity index (χ0) is 39.8. The van der Waals surface area contributed by atoms with E-state index in [2.05, 4.69) is 117 Å². The Kier molecular flexibility index (Phi) is 14.6. The van der Waals surface area contributed by atoms with Crippen LogP contribution in [0.5, 0.6) is 0 Å². The lowest BCUT2D eigenvalue weighted by Gasteiger charge is -2.28. The Morgan fingerprint density at radius 1 is 0.870 bits per heavy atom. The van der Waals surface area contributed by atoms with Crippen LogP contribution in [0, 0.1) is 24.7 Å². The average Bonchev–Trinajstić information content (AvgIpc) is 3.95. The standard InChI is InChI=1S/C27H30N2O.C14H19NO.2C4H10/c1-15-6-9-21-20(12-15)25(18-7-8-18)19(14-28-21)13-23-16(2)26(30)24-17(3)27(4,5)11-10-22(24)29-23;1-4-14(2,3)10-15-9-11-7-5-6-8-12(11)13(15)16;2*1-3-4-2/h6,9-10,12-13,28-29H,7-8,11,14H2,1-5H3;5-8H,4,9-10H2,1-3H3;2*3-4H2,1-2H3/b19-13+;;;. The zero-order valence-electron chi connectivity index (χ0n) is 35.7. The van der Waals surface area contributed by atoms with Gasteiger partial charge in [0.1, 0.15) is 0 Å². The number of amides is 1. The molecule has 0 spiro atoms. The largest absolute Gasteiger partial charge is 0.380 e. The molecule has 2 aliphatic carbocycles. The number of unbranched alkanes of at least 4 members (excludes halogenated alkanes) is 2. The predicted octanol–water partition coefficient (Wildman–Crippen LogP) is 11.1. The van der Waals surface area contributed by atoms with Crippen LogP contribution in [0.1, 0.15) is 159 Å². The summed E-state index contributed by atoms with van der Waals surface area (Å²) in [5, 5.41) is 5.43. The molecule has 2 aromatic carbocycles. The summed E-state index contributed by atoms with van der Waals surface area (Å²) < 4.78 is 0. The van der Waals surface area contributed by atoms with E-state index in [0.29, 0.717) is 0 Å². The molecular formula is C49H69N3O2. The molecule has 0 bridgehead atoms. The number of anilines is 1. The first-order chi connectivity index (χ1) is 25.6. The minimum atomic E-state index is 0.0326. The van der Waals surface area contributed by atoms with Crippen LogP contribution >= 0.6 is 0 Å². The van der Waals surface area contributed by atoms with Crippen LogP contribution in [0.25, 0.3) is 23.3 Å². The number of hydrogen-bond donors (Lipinski definition) is 2. The molecule has 7 rings (SSSR count). The molecule has 0 saturated heterocycles.